The second-order valence-electron chi connectivity index (χ2n) is 5.06. The van der Waals surface area contributed by atoms with Gasteiger partial charge in [0.05, 0.1) is 0 Å². The van der Waals surface area contributed by atoms with Gasteiger partial charge in [0.1, 0.15) is 0 Å². The molecule has 1 aromatic carbocycles. The highest BCUT2D eigenvalue weighted by molar-refractivity contribution is 8.00. The number of hydrogen-bond acceptors (Lipinski definition) is 1. The predicted molar refractivity (Wildman–Crippen MR) is 77.6 cm³/mol. The van der Waals surface area contributed by atoms with Crippen molar-refractivity contribution in [1.82, 2.24) is 0 Å². The Labute approximate surface area is 109 Å². The third-order valence-corrected chi connectivity index (χ3v) is 4.34. The van der Waals surface area contributed by atoms with Crippen LogP contribution in [0.25, 0.3) is 0 Å². The van der Waals surface area contributed by atoms with Crippen LogP contribution in [0.1, 0.15) is 32.3 Å². The molecule has 0 saturated carbocycles. The van der Waals surface area contributed by atoms with Gasteiger partial charge in [-0.05, 0) is 51.3 Å². The molecule has 0 radical (unpaired) electrons. The van der Waals surface area contributed by atoms with Crippen LogP contribution in [-0.4, -0.2) is 4.75 Å². The van der Waals surface area contributed by atoms with E-state index in [9.17, 15) is 0 Å². The van der Waals surface area contributed by atoms with Crippen LogP contribution in [0.3, 0.4) is 0 Å². The molecule has 1 aliphatic rings. The van der Waals surface area contributed by atoms with Crippen molar-refractivity contribution in [2.24, 2.45) is 0 Å². The number of aryl methyl sites for hydroxylation is 1. The van der Waals surface area contributed by atoms with Gasteiger partial charge in [0, 0.05) is 9.64 Å². The Morgan fingerprint density at radius 3 is 2.35 bits per heavy atom. The van der Waals surface area contributed by atoms with E-state index in [2.05, 4.69) is 63.3 Å². The van der Waals surface area contributed by atoms with Gasteiger partial charge >= 0.3 is 0 Å². The molecule has 0 heterocycles. The number of allylic oxidation sites excluding steroid dienone is 3. The summed E-state index contributed by atoms with van der Waals surface area (Å²) in [5.41, 5.74) is 2.78. The van der Waals surface area contributed by atoms with Crippen molar-refractivity contribution in [1.29, 1.82) is 0 Å². The van der Waals surface area contributed by atoms with Gasteiger partial charge in [-0.2, -0.15) is 0 Å². The Balaban J connectivity index is 2.13. The van der Waals surface area contributed by atoms with Crippen LogP contribution < -0.4 is 0 Å². The van der Waals surface area contributed by atoms with Gasteiger partial charge < -0.3 is 0 Å². The zero-order valence-corrected chi connectivity index (χ0v) is 11.7. The van der Waals surface area contributed by atoms with Crippen molar-refractivity contribution in [2.45, 2.75) is 43.3 Å². The summed E-state index contributed by atoms with van der Waals surface area (Å²) < 4.78 is 0.159. The van der Waals surface area contributed by atoms with Gasteiger partial charge in [0.15, 0.2) is 0 Å². The highest BCUT2D eigenvalue weighted by Crippen LogP contribution is 2.39. The van der Waals surface area contributed by atoms with Crippen molar-refractivity contribution in [3.63, 3.8) is 0 Å². The molecule has 0 spiro atoms. The van der Waals surface area contributed by atoms with Crippen molar-refractivity contribution in [2.75, 3.05) is 0 Å². The first-order valence-electron chi connectivity index (χ1n) is 6.21. The minimum atomic E-state index is 0.159. The van der Waals surface area contributed by atoms with E-state index in [-0.39, 0.29) is 4.75 Å². The molecule has 90 valence electrons. The smallest absolute Gasteiger partial charge is 0.0396 e. The molecule has 0 saturated heterocycles. The molecule has 0 unspecified atom stereocenters. The summed E-state index contributed by atoms with van der Waals surface area (Å²) in [5.74, 6) is 0. The van der Waals surface area contributed by atoms with Gasteiger partial charge in [-0.1, -0.05) is 35.9 Å². The second-order valence-corrected chi connectivity index (χ2v) is 6.76. The number of benzene rings is 1. The van der Waals surface area contributed by atoms with Crippen molar-refractivity contribution in [3.05, 3.63) is 53.6 Å². The lowest BCUT2D eigenvalue weighted by atomic mass is 9.96. The van der Waals surface area contributed by atoms with E-state index in [4.69, 9.17) is 0 Å². The topological polar surface area (TPSA) is 0 Å². The predicted octanol–water partition coefficient (Wildman–Crippen LogP) is 5.14. The molecule has 0 N–H and O–H groups in total. The van der Waals surface area contributed by atoms with E-state index in [1.165, 1.54) is 28.9 Å². The molecule has 0 nitrogen and oxygen atoms in total. The third-order valence-electron chi connectivity index (χ3n) is 3.08. The van der Waals surface area contributed by atoms with Crippen molar-refractivity contribution < 1.29 is 0 Å². The second kappa shape index (κ2) is 5.14. The number of hydrogen-bond donors (Lipinski definition) is 0. The van der Waals surface area contributed by atoms with Gasteiger partial charge in [-0.3, -0.25) is 0 Å². The van der Waals surface area contributed by atoms with Crippen molar-refractivity contribution in [3.8, 4) is 0 Å². The maximum Gasteiger partial charge on any atom is 0.0396 e. The molecule has 0 aliphatic heterocycles. The molecule has 0 fully saturated rings. The van der Waals surface area contributed by atoms with Crippen LogP contribution in [0.5, 0.6) is 0 Å². The van der Waals surface area contributed by atoms with Crippen LogP contribution in [0.15, 0.2) is 53.0 Å². The van der Waals surface area contributed by atoms with Crippen LogP contribution in [0.2, 0.25) is 0 Å². The van der Waals surface area contributed by atoms with E-state index >= 15 is 0 Å². The van der Waals surface area contributed by atoms with Crippen LogP contribution in [0.4, 0.5) is 0 Å². The first kappa shape index (κ1) is 12.5. The Morgan fingerprint density at radius 2 is 1.76 bits per heavy atom. The van der Waals surface area contributed by atoms with Crippen LogP contribution >= 0.6 is 11.8 Å². The Hall–Kier alpha value is -0.950. The Bertz CT molecular complexity index is 435. The van der Waals surface area contributed by atoms with E-state index in [1.807, 2.05) is 11.8 Å². The zero-order valence-electron chi connectivity index (χ0n) is 10.9. The number of thioether (sulfide) groups is 1. The largest absolute Gasteiger partial charge is 0.115 e. The summed E-state index contributed by atoms with van der Waals surface area (Å²) in [6.45, 7) is 6.74. The van der Waals surface area contributed by atoms with Gasteiger partial charge in [-0.15, -0.1) is 11.8 Å². The van der Waals surface area contributed by atoms with Crippen LogP contribution in [-0.2, 0) is 0 Å². The normalized spacial score (nSPS) is 15.8. The van der Waals surface area contributed by atoms with Gasteiger partial charge in [0.2, 0.25) is 0 Å². The molecule has 0 aromatic heterocycles. The summed E-state index contributed by atoms with van der Waals surface area (Å²) in [6.07, 6.45) is 9.32. The molecule has 1 aromatic rings. The maximum atomic E-state index is 2.38. The first-order chi connectivity index (χ1) is 8.08. The lowest BCUT2D eigenvalue weighted by Crippen LogP contribution is -2.17. The fourth-order valence-electron chi connectivity index (χ4n) is 2.02. The van der Waals surface area contributed by atoms with E-state index in [0.717, 1.165) is 0 Å². The van der Waals surface area contributed by atoms with E-state index in [0.29, 0.717) is 0 Å². The maximum absolute atomic E-state index is 2.38. The molecule has 0 bridgehead atoms. The Kier molecular flexibility index (Phi) is 3.78. The van der Waals surface area contributed by atoms with Crippen LogP contribution in [0, 0.1) is 6.92 Å². The molecule has 0 amide bonds. The average Bonchev–Trinajstić information content (AvgIpc) is 2.33. The summed E-state index contributed by atoms with van der Waals surface area (Å²) >= 11 is 1.94. The third kappa shape index (κ3) is 3.26. The SMILES string of the molecule is Cc1ccc(SC(C)(C)C2=CCCC=C2)cc1. The Morgan fingerprint density at radius 1 is 1.06 bits per heavy atom. The first-order valence-corrected chi connectivity index (χ1v) is 7.02. The fraction of sp³-hybridized carbons (Fsp3) is 0.375. The van der Waals surface area contributed by atoms with E-state index < -0.39 is 0 Å². The highest BCUT2D eigenvalue weighted by Gasteiger charge is 2.23. The van der Waals surface area contributed by atoms with Gasteiger partial charge in [-0.25, -0.2) is 0 Å². The average molecular weight is 244 g/mol. The molecule has 2 rings (SSSR count). The molecule has 1 heteroatoms. The molecular weight excluding hydrogens is 224 g/mol. The zero-order chi connectivity index (χ0) is 12.3. The monoisotopic (exact) mass is 244 g/mol. The van der Waals surface area contributed by atoms with Crippen molar-refractivity contribution >= 4 is 11.8 Å². The molecular formula is C16H20S. The molecule has 17 heavy (non-hydrogen) atoms. The number of rotatable bonds is 3. The minimum absolute atomic E-state index is 0.159. The summed E-state index contributed by atoms with van der Waals surface area (Å²) in [6, 6.07) is 8.80. The summed E-state index contributed by atoms with van der Waals surface area (Å²) in [5, 5.41) is 0. The van der Waals surface area contributed by atoms with Gasteiger partial charge in [0.25, 0.3) is 0 Å². The van der Waals surface area contributed by atoms with E-state index in [1.54, 1.807) is 0 Å². The minimum Gasteiger partial charge on any atom is -0.115 e. The quantitative estimate of drug-likeness (QED) is 0.663. The lowest BCUT2D eigenvalue weighted by Gasteiger charge is -2.27. The summed E-state index contributed by atoms with van der Waals surface area (Å²) in [4.78, 5) is 1.35. The fourth-order valence-corrected chi connectivity index (χ4v) is 3.15. The highest BCUT2D eigenvalue weighted by atomic mass is 32.2. The summed E-state index contributed by atoms with van der Waals surface area (Å²) in [7, 11) is 0. The lowest BCUT2D eigenvalue weighted by molar-refractivity contribution is 0.830. The standard InChI is InChI=1S/C16H20S/c1-13-9-11-15(12-10-13)17-16(2,3)14-7-5-4-6-8-14/h5,7-12H,4,6H2,1-3H3. The molecule has 1 aliphatic carbocycles. The molecule has 0 atom stereocenters.